The van der Waals surface area contributed by atoms with Crippen LogP contribution in [0.3, 0.4) is 0 Å². The minimum Gasteiger partial charge on any atom is -0.259 e. The van der Waals surface area contributed by atoms with Crippen LogP contribution in [0.4, 0.5) is 0 Å². The molecule has 0 aliphatic rings. The van der Waals surface area contributed by atoms with Gasteiger partial charge in [0.2, 0.25) is 0 Å². The van der Waals surface area contributed by atoms with Crippen LogP contribution in [0.15, 0.2) is 12.3 Å². The van der Waals surface area contributed by atoms with E-state index >= 15 is 0 Å². The van der Waals surface area contributed by atoms with Crippen molar-refractivity contribution in [2.24, 2.45) is 0 Å². The number of rotatable bonds is 0. The molecule has 0 saturated heterocycles. The number of aryl methyl sites for hydroxylation is 1. The summed E-state index contributed by atoms with van der Waals surface area (Å²) < 4.78 is 1.68. The Bertz CT molecular complexity index is 396. The minimum absolute atomic E-state index is 0.576. The Hall–Kier alpha value is -0.670. The van der Waals surface area contributed by atoms with Crippen LogP contribution >= 0.6 is 22.9 Å². The Balaban J connectivity index is 2.82. The number of halogens is 1. The van der Waals surface area contributed by atoms with Crippen LogP contribution in [0.1, 0.15) is 5.69 Å². The quantitative estimate of drug-likeness (QED) is 0.629. The third-order valence-electron chi connectivity index (χ3n) is 1.39. The average molecular weight is 185 g/mol. The molecule has 2 aromatic heterocycles. The SMILES string of the molecule is Cc1cc2sc(Cl)nc2cn1. The maximum atomic E-state index is 5.72. The van der Waals surface area contributed by atoms with Gasteiger partial charge in [-0.2, -0.15) is 0 Å². The predicted octanol–water partition coefficient (Wildman–Crippen LogP) is 2.65. The van der Waals surface area contributed by atoms with Gasteiger partial charge in [0.1, 0.15) is 5.52 Å². The Labute approximate surface area is 72.9 Å². The second-order valence-corrected chi connectivity index (χ2v) is 3.87. The van der Waals surface area contributed by atoms with Crippen molar-refractivity contribution in [1.82, 2.24) is 9.97 Å². The van der Waals surface area contributed by atoms with Crippen molar-refractivity contribution in [1.29, 1.82) is 0 Å². The predicted molar refractivity (Wildman–Crippen MR) is 47.2 cm³/mol. The molecule has 0 aliphatic carbocycles. The summed E-state index contributed by atoms with van der Waals surface area (Å²) in [6, 6.07) is 1.98. The fourth-order valence-electron chi connectivity index (χ4n) is 0.901. The molecule has 2 heterocycles. The highest BCUT2D eigenvalue weighted by Crippen LogP contribution is 2.24. The maximum Gasteiger partial charge on any atom is 0.184 e. The van der Waals surface area contributed by atoms with E-state index in [1.54, 1.807) is 6.20 Å². The molecule has 2 nitrogen and oxygen atoms in total. The molecule has 0 amide bonds. The molecule has 0 bridgehead atoms. The Morgan fingerprint density at radius 2 is 2.36 bits per heavy atom. The van der Waals surface area contributed by atoms with Gasteiger partial charge in [0.05, 0.1) is 10.9 Å². The van der Waals surface area contributed by atoms with E-state index in [0.717, 1.165) is 15.9 Å². The molecule has 0 N–H and O–H groups in total. The highest BCUT2D eigenvalue weighted by Gasteiger charge is 2.00. The first-order valence-corrected chi connectivity index (χ1v) is 4.34. The fourth-order valence-corrected chi connectivity index (χ4v) is 2.00. The lowest BCUT2D eigenvalue weighted by Crippen LogP contribution is -1.77. The number of aromatic nitrogens is 2. The number of hydrogen-bond acceptors (Lipinski definition) is 3. The summed E-state index contributed by atoms with van der Waals surface area (Å²) in [5.41, 5.74) is 1.88. The summed E-state index contributed by atoms with van der Waals surface area (Å²) in [4.78, 5) is 8.18. The summed E-state index contributed by atoms with van der Waals surface area (Å²) in [6.45, 7) is 1.95. The van der Waals surface area contributed by atoms with Gasteiger partial charge in [0.15, 0.2) is 4.47 Å². The van der Waals surface area contributed by atoms with E-state index in [9.17, 15) is 0 Å². The molecule has 56 valence electrons. The zero-order valence-corrected chi connectivity index (χ0v) is 7.41. The van der Waals surface area contributed by atoms with Crippen LogP contribution in [-0.2, 0) is 0 Å². The molecular weight excluding hydrogens is 180 g/mol. The maximum absolute atomic E-state index is 5.72. The normalized spacial score (nSPS) is 10.7. The lowest BCUT2D eigenvalue weighted by Gasteiger charge is -1.87. The average Bonchev–Trinajstić information content (AvgIpc) is 2.27. The van der Waals surface area contributed by atoms with Crippen LogP contribution in [0.2, 0.25) is 4.47 Å². The number of hydrogen-bond donors (Lipinski definition) is 0. The van der Waals surface area contributed by atoms with Crippen molar-refractivity contribution < 1.29 is 0 Å². The van der Waals surface area contributed by atoms with Gasteiger partial charge in [0.25, 0.3) is 0 Å². The standard InChI is InChI=1S/C7H5ClN2S/c1-4-2-6-5(3-9-4)10-7(8)11-6/h2-3H,1H3. The van der Waals surface area contributed by atoms with Crippen LogP contribution in [0, 0.1) is 6.92 Å². The molecule has 0 fully saturated rings. The first kappa shape index (κ1) is 7.00. The molecule has 0 spiro atoms. The first-order valence-electron chi connectivity index (χ1n) is 3.14. The monoisotopic (exact) mass is 184 g/mol. The summed E-state index contributed by atoms with van der Waals surface area (Å²) in [5.74, 6) is 0. The van der Waals surface area contributed by atoms with Crippen molar-refractivity contribution >= 4 is 33.2 Å². The van der Waals surface area contributed by atoms with Gasteiger partial charge in [-0.1, -0.05) is 11.6 Å². The highest BCUT2D eigenvalue weighted by molar-refractivity contribution is 7.22. The number of fused-ring (bicyclic) bond motifs is 1. The minimum atomic E-state index is 0.576. The van der Waals surface area contributed by atoms with E-state index in [1.165, 1.54) is 11.3 Å². The number of thiazole rings is 1. The number of pyridine rings is 1. The molecule has 0 aliphatic heterocycles. The third kappa shape index (κ3) is 1.21. The molecule has 2 aromatic rings. The lowest BCUT2D eigenvalue weighted by atomic mass is 10.4. The largest absolute Gasteiger partial charge is 0.259 e. The van der Waals surface area contributed by atoms with Crippen LogP contribution < -0.4 is 0 Å². The van der Waals surface area contributed by atoms with Gasteiger partial charge < -0.3 is 0 Å². The van der Waals surface area contributed by atoms with Gasteiger partial charge in [-0.3, -0.25) is 4.98 Å². The third-order valence-corrected chi connectivity index (χ3v) is 2.51. The summed E-state index contributed by atoms with van der Waals surface area (Å²) in [6.07, 6.45) is 1.74. The Morgan fingerprint density at radius 1 is 1.55 bits per heavy atom. The summed E-state index contributed by atoms with van der Waals surface area (Å²) >= 11 is 7.20. The number of nitrogens with zero attached hydrogens (tertiary/aromatic N) is 2. The van der Waals surface area contributed by atoms with Gasteiger partial charge >= 0.3 is 0 Å². The van der Waals surface area contributed by atoms with E-state index in [1.807, 2.05) is 13.0 Å². The van der Waals surface area contributed by atoms with E-state index in [-0.39, 0.29) is 0 Å². The second kappa shape index (κ2) is 2.43. The Morgan fingerprint density at radius 3 is 3.18 bits per heavy atom. The fraction of sp³-hybridized carbons (Fsp3) is 0.143. The second-order valence-electron chi connectivity index (χ2n) is 2.26. The molecule has 0 unspecified atom stereocenters. The van der Waals surface area contributed by atoms with E-state index in [2.05, 4.69) is 9.97 Å². The summed E-state index contributed by atoms with van der Waals surface area (Å²) in [5, 5.41) is 0. The van der Waals surface area contributed by atoms with Gasteiger partial charge in [0, 0.05) is 5.69 Å². The topological polar surface area (TPSA) is 25.8 Å². The smallest absolute Gasteiger partial charge is 0.184 e. The first-order chi connectivity index (χ1) is 5.25. The van der Waals surface area contributed by atoms with E-state index < -0.39 is 0 Å². The van der Waals surface area contributed by atoms with Crippen molar-refractivity contribution in [2.45, 2.75) is 6.92 Å². The molecule has 0 saturated carbocycles. The van der Waals surface area contributed by atoms with Gasteiger partial charge in [-0.25, -0.2) is 4.98 Å². The lowest BCUT2D eigenvalue weighted by molar-refractivity contribution is 1.22. The molecule has 11 heavy (non-hydrogen) atoms. The molecule has 0 aromatic carbocycles. The van der Waals surface area contributed by atoms with Crippen LogP contribution in [-0.4, -0.2) is 9.97 Å². The molecular formula is C7H5ClN2S. The van der Waals surface area contributed by atoms with Crippen LogP contribution in [0.5, 0.6) is 0 Å². The molecule has 4 heteroatoms. The van der Waals surface area contributed by atoms with E-state index in [0.29, 0.717) is 4.47 Å². The van der Waals surface area contributed by atoms with Crippen molar-refractivity contribution in [3.63, 3.8) is 0 Å². The Kier molecular flexibility index (Phi) is 1.55. The molecule has 2 rings (SSSR count). The van der Waals surface area contributed by atoms with E-state index in [4.69, 9.17) is 11.6 Å². The van der Waals surface area contributed by atoms with Crippen molar-refractivity contribution in [3.05, 3.63) is 22.4 Å². The molecule has 0 radical (unpaired) electrons. The summed E-state index contributed by atoms with van der Waals surface area (Å²) in [7, 11) is 0. The van der Waals surface area contributed by atoms with Gasteiger partial charge in [-0.15, -0.1) is 11.3 Å². The van der Waals surface area contributed by atoms with Crippen molar-refractivity contribution in [3.8, 4) is 0 Å². The van der Waals surface area contributed by atoms with Crippen molar-refractivity contribution in [2.75, 3.05) is 0 Å². The van der Waals surface area contributed by atoms with Crippen LogP contribution in [0.25, 0.3) is 10.2 Å². The highest BCUT2D eigenvalue weighted by atomic mass is 35.5. The molecule has 0 atom stereocenters. The zero-order chi connectivity index (χ0) is 7.84. The zero-order valence-electron chi connectivity index (χ0n) is 5.84. The van der Waals surface area contributed by atoms with Gasteiger partial charge in [-0.05, 0) is 13.0 Å².